The lowest BCUT2D eigenvalue weighted by Crippen LogP contribution is -2.30. The van der Waals surface area contributed by atoms with Crippen molar-refractivity contribution < 1.29 is 52.2 Å². The van der Waals surface area contributed by atoms with Gasteiger partial charge in [0.05, 0.1) is 19.8 Å². The first-order valence-corrected chi connectivity index (χ1v) is 28.3. The maximum atomic E-state index is 12.9. The second-order valence-corrected chi connectivity index (χ2v) is 18.7. The molecule has 0 aliphatic rings. The lowest BCUT2D eigenvalue weighted by Gasteiger charge is -2.21. The summed E-state index contributed by atoms with van der Waals surface area (Å²) >= 11 is 0. The number of allylic oxidation sites excluding steroid dienone is 18. The average molecular weight is 999 g/mol. The molecule has 398 valence electrons. The first-order valence-electron chi connectivity index (χ1n) is 26.8. The van der Waals surface area contributed by atoms with E-state index in [0.717, 1.165) is 122 Å². The van der Waals surface area contributed by atoms with Gasteiger partial charge in [0, 0.05) is 19.3 Å². The Bertz CT molecular complexity index is 1590. The van der Waals surface area contributed by atoms with Crippen LogP contribution in [0.4, 0.5) is 0 Å². The lowest BCUT2D eigenvalue weighted by molar-refractivity contribution is -0.161. The Morgan fingerprint density at radius 1 is 0.414 bits per heavy atom. The summed E-state index contributed by atoms with van der Waals surface area (Å²) in [4.78, 5) is 48.4. The Morgan fingerprint density at radius 2 is 0.743 bits per heavy atom. The van der Waals surface area contributed by atoms with E-state index in [1.165, 1.54) is 19.3 Å². The first-order chi connectivity index (χ1) is 34.2. The Morgan fingerprint density at radius 3 is 1.19 bits per heavy atom. The fourth-order valence-corrected chi connectivity index (χ4v) is 7.41. The van der Waals surface area contributed by atoms with Crippen molar-refractivity contribution >= 4 is 25.7 Å². The number of phosphoric ester groups is 1. The molecule has 0 aromatic rings. The van der Waals surface area contributed by atoms with Crippen LogP contribution in [0.3, 0.4) is 0 Å². The molecule has 0 fully saturated rings. The Hall–Kier alpha value is -3.86. The van der Waals surface area contributed by atoms with Crippen LogP contribution in [0.5, 0.6) is 0 Å². The van der Waals surface area contributed by atoms with Crippen molar-refractivity contribution in [3.05, 3.63) is 109 Å². The molecule has 70 heavy (non-hydrogen) atoms. The van der Waals surface area contributed by atoms with Gasteiger partial charge in [0.15, 0.2) is 6.10 Å². The van der Waals surface area contributed by atoms with Crippen LogP contribution in [0, 0.1) is 0 Å². The number of esters is 3. The van der Waals surface area contributed by atoms with E-state index >= 15 is 0 Å². The number of unbranched alkanes of at least 4 members (excludes halogenated alkanes) is 13. The van der Waals surface area contributed by atoms with Crippen LogP contribution in [-0.2, 0) is 42.2 Å². The molecule has 0 rings (SSSR count). The number of rotatable bonds is 48. The van der Waals surface area contributed by atoms with Crippen LogP contribution in [0.15, 0.2) is 109 Å². The van der Waals surface area contributed by atoms with E-state index < -0.39 is 57.8 Å². The molecule has 11 nitrogen and oxygen atoms in total. The SMILES string of the molecule is CC/C=C\C/C=C\C/C=C\C/C=C\CCCCC(=O)OC(COC(=O)CCCCCCC/C=C\C/C=C\CCCCC)COP(=O)(O)OCC(CO)OC(=O)CCCCC/C=C\C/C=C\C/C=C\CC. The molecule has 0 bridgehead atoms. The van der Waals surface area contributed by atoms with Crippen molar-refractivity contribution in [2.45, 2.75) is 213 Å². The molecule has 2 N–H and O–H groups in total. The number of hydrogen-bond donors (Lipinski definition) is 2. The summed E-state index contributed by atoms with van der Waals surface area (Å²) in [7, 11) is -4.77. The number of aliphatic hydroxyl groups is 1. The van der Waals surface area contributed by atoms with Crippen molar-refractivity contribution in [1.29, 1.82) is 0 Å². The molecule has 12 heteroatoms. The highest BCUT2D eigenvalue weighted by Gasteiger charge is 2.28. The first kappa shape index (κ1) is 66.1. The fourth-order valence-electron chi connectivity index (χ4n) is 6.62. The second kappa shape index (κ2) is 51.5. The smallest absolute Gasteiger partial charge is 0.462 e. The summed E-state index contributed by atoms with van der Waals surface area (Å²) < 4.78 is 39.3. The standard InChI is InChI=1S/C58H95O11P/c1-4-7-10-13-16-19-22-25-27-30-32-35-38-41-44-47-56(60)65-51-55(69-58(62)49-46-43-40-37-34-31-28-26-23-20-17-14-11-8-5-2)53-67-70(63,64)66-52-54(50-59)68-57(61)48-45-42-39-36-33-29-24-21-18-15-12-9-6-3/h8-9,11-12,16-21,25-29,33-34,37,54-55,59H,4-7,10,13-15,22-24,30-32,35-36,38-53H2,1-3H3,(H,63,64)/b11-8-,12-9-,19-16-,20-17-,21-18-,27-25-,28-26-,33-29-,37-34-. The third-order valence-corrected chi connectivity index (χ3v) is 11.6. The maximum absolute atomic E-state index is 12.9. The van der Waals surface area contributed by atoms with Crippen molar-refractivity contribution in [2.24, 2.45) is 0 Å². The second-order valence-electron chi connectivity index (χ2n) is 17.3. The van der Waals surface area contributed by atoms with Crippen molar-refractivity contribution in [3.8, 4) is 0 Å². The van der Waals surface area contributed by atoms with Crippen LogP contribution >= 0.6 is 7.82 Å². The van der Waals surface area contributed by atoms with Crippen molar-refractivity contribution in [2.75, 3.05) is 26.4 Å². The number of carbonyl (C=O) groups excluding carboxylic acids is 3. The molecule has 0 aromatic heterocycles. The van der Waals surface area contributed by atoms with Crippen molar-refractivity contribution in [1.82, 2.24) is 0 Å². The minimum Gasteiger partial charge on any atom is -0.462 e. The number of phosphoric acid groups is 1. The third kappa shape index (κ3) is 49.1. The highest BCUT2D eigenvalue weighted by atomic mass is 31.2. The van der Waals surface area contributed by atoms with Gasteiger partial charge in [0.25, 0.3) is 0 Å². The summed E-state index contributed by atoms with van der Waals surface area (Å²) in [5.41, 5.74) is 0. The molecule has 0 radical (unpaired) electrons. The topological polar surface area (TPSA) is 155 Å². The number of carbonyl (C=O) groups is 3. The quantitative estimate of drug-likeness (QED) is 0.0197. The van der Waals surface area contributed by atoms with Gasteiger partial charge in [-0.05, 0) is 122 Å². The molecular formula is C58H95O11P. The summed E-state index contributed by atoms with van der Waals surface area (Å²) in [6, 6.07) is 0. The summed E-state index contributed by atoms with van der Waals surface area (Å²) in [6.45, 7) is 4.26. The Labute approximate surface area is 425 Å². The van der Waals surface area contributed by atoms with Crippen LogP contribution in [0.2, 0.25) is 0 Å². The number of aliphatic hydroxyl groups excluding tert-OH is 1. The molecule has 0 amide bonds. The van der Waals surface area contributed by atoms with Gasteiger partial charge in [-0.1, -0.05) is 169 Å². The van der Waals surface area contributed by atoms with Gasteiger partial charge >= 0.3 is 25.7 Å². The van der Waals surface area contributed by atoms with Crippen LogP contribution in [0.25, 0.3) is 0 Å². The molecule has 0 heterocycles. The van der Waals surface area contributed by atoms with Crippen LogP contribution in [0.1, 0.15) is 201 Å². The molecule has 0 aliphatic carbocycles. The predicted molar refractivity (Wildman–Crippen MR) is 288 cm³/mol. The van der Waals surface area contributed by atoms with E-state index in [-0.39, 0.29) is 25.9 Å². The minimum absolute atomic E-state index is 0.104. The molecule has 0 saturated heterocycles. The van der Waals surface area contributed by atoms with Crippen molar-refractivity contribution in [3.63, 3.8) is 0 Å². The van der Waals surface area contributed by atoms with Gasteiger partial charge < -0.3 is 24.2 Å². The van der Waals surface area contributed by atoms with E-state index in [1.54, 1.807) is 0 Å². The van der Waals surface area contributed by atoms with Crippen LogP contribution < -0.4 is 0 Å². The predicted octanol–water partition coefficient (Wildman–Crippen LogP) is 15.5. The monoisotopic (exact) mass is 999 g/mol. The maximum Gasteiger partial charge on any atom is 0.472 e. The van der Waals surface area contributed by atoms with Gasteiger partial charge in [-0.25, -0.2) is 4.57 Å². The largest absolute Gasteiger partial charge is 0.472 e. The highest BCUT2D eigenvalue weighted by Crippen LogP contribution is 2.43. The molecule has 0 aromatic carbocycles. The van der Waals surface area contributed by atoms with E-state index in [1.807, 2.05) is 0 Å². The zero-order chi connectivity index (χ0) is 51.3. The zero-order valence-electron chi connectivity index (χ0n) is 43.7. The normalized spacial score (nSPS) is 14.3. The van der Waals surface area contributed by atoms with Crippen LogP contribution in [-0.4, -0.2) is 66.5 Å². The third-order valence-electron chi connectivity index (χ3n) is 10.7. The molecule has 0 spiro atoms. The molecule has 0 saturated carbocycles. The summed E-state index contributed by atoms with van der Waals surface area (Å²) in [6.07, 6.45) is 60.6. The van der Waals surface area contributed by atoms with E-state index in [9.17, 15) is 28.9 Å². The van der Waals surface area contributed by atoms with Gasteiger partial charge in [0.2, 0.25) is 0 Å². The van der Waals surface area contributed by atoms with Gasteiger partial charge in [-0.2, -0.15) is 0 Å². The number of hydrogen-bond acceptors (Lipinski definition) is 10. The van der Waals surface area contributed by atoms with E-state index in [2.05, 4.69) is 130 Å². The fraction of sp³-hybridized carbons (Fsp3) is 0.638. The number of ether oxygens (including phenoxy) is 3. The molecule has 3 unspecified atom stereocenters. The average Bonchev–Trinajstić information content (AvgIpc) is 3.35. The van der Waals surface area contributed by atoms with Gasteiger partial charge in [0.1, 0.15) is 12.7 Å². The van der Waals surface area contributed by atoms with E-state index in [4.69, 9.17) is 23.3 Å². The molecule has 3 atom stereocenters. The zero-order valence-corrected chi connectivity index (χ0v) is 44.6. The van der Waals surface area contributed by atoms with Gasteiger partial charge in [-0.3, -0.25) is 23.4 Å². The summed E-state index contributed by atoms with van der Waals surface area (Å²) in [5, 5.41) is 9.78. The molecular weight excluding hydrogens is 904 g/mol. The summed E-state index contributed by atoms with van der Waals surface area (Å²) in [5.74, 6) is -1.58. The highest BCUT2D eigenvalue weighted by molar-refractivity contribution is 7.47. The minimum atomic E-state index is -4.77. The Kier molecular flexibility index (Phi) is 48.7. The molecule has 0 aliphatic heterocycles. The van der Waals surface area contributed by atoms with E-state index in [0.29, 0.717) is 19.3 Å². The lowest BCUT2D eigenvalue weighted by atomic mass is 10.1. The Balaban J connectivity index is 4.87. The van der Waals surface area contributed by atoms with Gasteiger partial charge in [-0.15, -0.1) is 0 Å².